The molecule has 28 heavy (non-hydrogen) atoms. The fourth-order valence-corrected chi connectivity index (χ4v) is 4.72. The quantitative estimate of drug-likeness (QED) is 0.420. The predicted molar refractivity (Wildman–Crippen MR) is 113 cm³/mol. The molecule has 0 aliphatic carbocycles. The third-order valence-electron chi connectivity index (χ3n) is 4.48. The van der Waals surface area contributed by atoms with Gasteiger partial charge in [0, 0.05) is 5.56 Å². The van der Waals surface area contributed by atoms with Crippen molar-refractivity contribution in [1.82, 2.24) is 4.98 Å². The molecule has 2 aromatic carbocycles. The summed E-state index contributed by atoms with van der Waals surface area (Å²) >= 11 is 0. The van der Waals surface area contributed by atoms with Crippen LogP contribution in [0, 0.1) is 0 Å². The van der Waals surface area contributed by atoms with Gasteiger partial charge in [-0.25, -0.2) is 4.98 Å². The molecule has 0 aliphatic heterocycles. The Morgan fingerprint density at radius 1 is 1.00 bits per heavy atom. The molecule has 1 heterocycles. The van der Waals surface area contributed by atoms with Crippen molar-refractivity contribution in [1.29, 1.82) is 0 Å². The highest BCUT2D eigenvalue weighted by Crippen LogP contribution is 2.51. The third kappa shape index (κ3) is 4.72. The van der Waals surface area contributed by atoms with Crippen LogP contribution in [0.2, 0.25) is 0 Å². The molecule has 150 valence electrons. The predicted octanol–water partition coefficient (Wildman–Crippen LogP) is 6.56. The molecule has 0 unspecified atom stereocenters. The summed E-state index contributed by atoms with van der Waals surface area (Å²) in [5.41, 5.74) is 4.66. The van der Waals surface area contributed by atoms with Crippen LogP contribution in [0.1, 0.15) is 45.7 Å². The molecular weight excluding hydrogens is 373 g/mol. The number of nitrogens with zero attached hydrogens (tertiary/aromatic N) is 1. The Balaban J connectivity index is 1.84. The van der Waals surface area contributed by atoms with E-state index in [0.717, 1.165) is 22.2 Å². The first-order chi connectivity index (χ1) is 13.2. The summed E-state index contributed by atoms with van der Waals surface area (Å²) in [7, 11) is -3.11. The summed E-state index contributed by atoms with van der Waals surface area (Å²) in [6, 6.07) is 13.8. The third-order valence-corrected chi connectivity index (χ3v) is 6.54. The molecule has 0 N–H and O–H groups in total. The second-order valence-corrected chi connectivity index (χ2v) is 9.81. The van der Waals surface area contributed by atoms with E-state index in [0.29, 0.717) is 19.1 Å². The van der Waals surface area contributed by atoms with Gasteiger partial charge in [0.05, 0.1) is 19.4 Å². The molecule has 0 amide bonds. The standard InChI is InChI=1S/C22H28NO4P/c1-6-25-28(24,26-7-2)15-16-8-10-17(11-9-16)21-23-19-14-18(22(3,4)5)12-13-20(19)27-21/h8-14H,6-7,15H2,1-5H3. The second-order valence-electron chi connectivity index (χ2n) is 7.75. The van der Waals surface area contributed by atoms with Crippen molar-refractivity contribution in [3.05, 3.63) is 53.6 Å². The molecule has 1 aromatic heterocycles. The van der Waals surface area contributed by atoms with Crippen LogP contribution in [-0.2, 0) is 25.2 Å². The lowest BCUT2D eigenvalue weighted by atomic mass is 9.87. The van der Waals surface area contributed by atoms with Gasteiger partial charge in [-0.05, 0) is 54.7 Å². The first-order valence-corrected chi connectivity index (χ1v) is 11.4. The van der Waals surface area contributed by atoms with Crippen molar-refractivity contribution in [2.75, 3.05) is 13.2 Å². The largest absolute Gasteiger partial charge is 0.436 e. The van der Waals surface area contributed by atoms with Gasteiger partial charge in [-0.2, -0.15) is 0 Å². The average Bonchev–Trinajstić information content (AvgIpc) is 3.05. The molecule has 3 rings (SSSR count). The highest BCUT2D eigenvalue weighted by molar-refractivity contribution is 7.53. The number of aromatic nitrogens is 1. The van der Waals surface area contributed by atoms with Gasteiger partial charge in [-0.1, -0.05) is 39.0 Å². The number of hydrogen-bond acceptors (Lipinski definition) is 5. The van der Waals surface area contributed by atoms with Crippen LogP contribution in [0.25, 0.3) is 22.6 Å². The van der Waals surface area contributed by atoms with Gasteiger partial charge < -0.3 is 13.5 Å². The van der Waals surface area contributed by atoms with Crippen LogP contribution < -0.4 is 0 Å². The van der Waals surface area contributed by atoms with E-state index in [-0.39, 0.29) is 11.6 Å². The summed E-state index contributed by atoms with van der Waals surface area (Å²) in [4.78, 5) is 4.65. The van der Waals surface area contributed by atoms with E-state index in [1.54, 1.807) is 0 Å². The smallest absolute Gasteiger partial charge is 0.335 e. The normalized spacial score (nSPS) is 12.6. The summed E-state index contributed by atoms with van der Waals surface area (Å²) in [5, 5.41) is 0. The van der Waals surface area contributed by atoms with E-state index in [4.69, 9.17) is 13.5 Å². The van der Waals surface area contributed by atoms with Crippen molar-refractivity contribution in [3.8, 4) is 11.5 Å². The lowest BCUT2D eigenvalue weighted by Gasteiger charge is -2.18. The Kier molecular flexibility index (Phi) is 6.09. The number of hydrogen-bond donors (Lipinski definition) is 0. The molecule has 0 saturated carbocycles. The lowest BCUT2D eigenvalue weighted by Crippen LogP contribution is -2.10. The minimum atomic E-state index is -3.11. The zero-order valence-electron chi connectivity index (χ0n) is 17.2. The van der Waals surface area contributed by atoms with Gasteiger partial charge in [0.1, 0.15) is 5.52 Å². The van der Waals surface area contributed by atoms with Gasteiger partial charge in [0.25, 0.3) is 0 Å². The molecule has 0 bridgehead atoms. The molecule has 0 atom stereocenters. The molecule has 0 aliphatic rings. The van der Waals surface area contributed by atoms with Gasteiger partial charge in [-0.3, -0.25) is 4.57 Å². The van der Waals surface area contributed by atoms with E-state index >= 15 is 0 Å². The summed E-state index contributed by atoms with van der Waals surface area (Å²) in [6.45, 7) is 10.9. The number of fused-ring (bicyclic) bond motifs is 1. The van der Waals surface area contributed by atoms with E-state index in [1.165, 1.54) is 5.56 Å². The molecular formula is C22H28NO4P. The minimum absolute atomic E-state index is 0.0595. The van der Waals surface area contributed by atoms with E-state index in [1.807, 2.05) is 44.2 Å². The zero-order valence-corrected chi connectivity index (χ0v) is 18.1. The van der Waals surface area contributed by atoms with E-state index in [2.05, 4.69) is 37.9 Å². The summed E-state index contributed by atoms with van der Waals surface area (Å²) < 4.78 is 29.4. The van der Waals surface area contributed by atoms with Gasteiger partial charge in [0.2, 0.25) is 5.89 Å². The topological polar surface area (TPSA) is 61.6 Å². The zero-order chi connectivity index (χ0) is 20.4. The monoisotopic (exact) mass is 401 g/mol. The van der Waals surface area contributed by atoms with Crippen molar-refractivity contribution >= 4 is 18.7 Å². The van der Waals surface area contributed by atoms with Crippen molar-refractivity contribution < 1.29 is 18.0 Å². The molecule has 5 nitrogen and oxygen atoms in total. The molecule has 6 heteroatoms. The van der Waals surface area contributed by atoms with Gasteiger partial charge in [0.15, 0.2) is 5.58 Å². The van der Waals surface area contributed by atoms with Crippen LogP contribution in [0.4, 0.5) is 0 Å². The van der Waals surface area contributed by atoms with Crippen molar-refractivity contribution in [3.63, 3.8) is 0 Å². The average molecular weight is 401 g/mol. The minimum Gasteiger partial charge on any atom is -0.436 e. The Hall–Kier alpha value is -1.94. The number of benzene rings is 2. The first-order valence-electron chi connectivity index (χ1n) is 9.62. The molecule has 0 spiro atoms. The van der Waals surface area contributed by atoms with Crippen LogP contribution >= 0.6 is 7.60 Å². The van der Waals surface area contributed by atoms with Crippen LogP contribution in [0.5, 0.6) is 0 Å². The number of oxazole rings is 1. The maximum atomic E-state index is 12.7. The SMILES string of the molecule is CCOP(=O)(Cc1ccc(-c2nc3cc(C(C)(C)C)ccc3o2)cc1)OCC. The summed E-state index contributed by atoms with van der Waals surface area (Å²) in [6.07, 6.45) is 0.247. The van der Waals surface area contributed by atoms with E-state index < -0.39 is 7.60 Å². The lowest BCUT2D eigenvalue weighted by molar-refractivity contribution is 0.219. The van der Waals surface area contributed by atoms with Crippen LogP contribution in [0.3, 0.4) is 0 Å². The maximum absolute atomic E-state index is 12.7. The first kappa shape index (κ1) is 20.8. The highest BCUT2D eigenvalue weighted by Gasteiger charge is 2.24. The Morgan fingerprint density at radius 3 is 2.21 bits per heavy atom. The molecule has 3 aromatic rings. The number of rotatable bonds is 7. The fraction of sp³-hybridized carbons (Fsp3) is 0.409. The van der Waals surface area contributed by atoms with Crippen LogP contribution in [-0.4, -0.2) is 18.2 Å². The highest BCUT2D eigenvalue weighted by atomic mass is 31.2. The molecule has 0 saturated heterocycles. The fourth-order valence-electron chi connectivity index (χ4n) is 3.02. The van der Waals surface area contributed by atoms with Crippen LogP contribution in [0.15, 0.2) is 46.9 Å². The second kappa shape index (κ2) is 8.20. The Morgan fingerprint density at radius 2 is 1.64 bits per heavy atom. The maximum Gasteiger partial charge on any atom is 0.335 e. The molecule has 0 radical (unpaired) electrons. The van der Waals surface area contributed by atoms with Gasteiger partial charge in [-0.15, -0.1) is 0 Å². The van der Waals surface area contributed by atoms with Gasteiger partial charge >= 0.3 is 7.60 Å². The Bertz CT molecular complexity index is 976. The van der Waals surface area contributed by atoms with Crippen molar-refractivity contribution in [2.24, 2.45) is 0 Å². The Labute approximate surface area is 166 Å². The van der Waals surface area contributed by atoms with Crippen molar-refractivity contribution in [2.45, 2.75) is 46.2 Å². The van der Waals surface area contributed by atoms with E-state index in [9.17, 15) is 4.57 Å². The summed E-state index contributed by atoms with van der Waals surface area (Å²) in [5.74, 6) is 0.574. The molecule has 0 fully saturated rings.